The Kier molecular flexibility index (Phi) is 9.69. The summed E-state index contributed by atoms with van der Waals surface area (Å²) in [6.07, 6.45) is 3.80. The maximum Gasteiger partial charge on any atom is 0.305 e. The Morgan fingerprint density at radius 1 is 1.07 bits per heavy atom. The second kappa shape index (κ2) is 13.2. The molecule has 4 N–H and O–H groups in total. The van der Waals surface area contributed by atoms with Crippen LogP contribution >= 0.6 is 0 Å². The molecular formula is C29H33FN4O8S. The van der Waals surface area contributed by atoms with Crippen LogP contribution in [0.2, 0.25) is 0 Å². The van der Waals surface area contributed by atoms with Gasteiger partial charge in [0.05, 0.1) is 31.2 Å². The molecule has 14 heteroatoms. The first-order valence-corrected chi connectivity index (χ1v) is 15.5. The van der Waals surface area contributed by atoms with Crippen LogP contribution in [0.5, 0.6) is 0 Å². The van der Waals surface area contributed by atoms with Gasteiger partial charge < -0.3 is 25.5 Å². The molecule has 1 aromatic heterocycles. The zero-order chi connectivity index (χ0) is 31.3. The molecule has 3 amide bonds. The molecule has 2 aromatic carbocycles. The number of halogens is 1. The Morgan fingerprint density at radius 2 is 1.77 bits per heavy atom. The van der Waals surface area contributed by atoms with Gasteiger partial charge in [-0.3, -0.25) is 23.5 Å². The van der Waals surface area contributed by atoms with Gasteiger partial charge in [-0.1, -0.05) is 0 Å². The topological polar surface area (TPSA) is 178 Å². The lowest BCUT2D eigenvalue weighted by Gasteiger charge is -2.24. The van der Waals surface area contributed by atoms with E-state index in [9.17, 15) is 32.0 Å². The van der Waals surface area contributed by atoms with Crippen LogP contribution in [0.15, 0.2) is 40.8 Å². The number of hydrogen-bond acceptors (Lipinski definition) is 8. The minimum absolute atomic E-state index is 0.0124. The number of methoxy groups -OCH3 is 1. The van der Waals surface area contributed by atoms with Gasteiger partial charge in [0.1, 0.15) is 23.7 Å². The summed E-state index contributed by atoms with van der Waals surface area (Å²) in [5, 5.41) is 5.43. The Hall–Kier alpha value is -4.46. The number of benzene rings is 2. The smallest absolute Gasteiger partial charge is 0.305 e. The first kappa shape index (κ1) is 31.5. The minimum atomic E-state index is -4.00. The van der Waals surface area contributed by atoms with Crippen LogP contribution in [0.3, 0.4) is 0 Å². The van der Waals surface area contributed by atoms with Gasteiger partial charge in [-0.25, -0.2) is 12.8 Å². The molecule has 0 bridgehead atoms. The van der Waals surface area contributed by atoms with Gasteiger partial charge in [0.25, 0.3) is 5.91 Å². The van der Waals surface area contributed by atoms with Crippen molar-refractivity contribution in [2.24, 2.45) is 5.73 Å². The number of carbonyl (C=O) groups excluding carboxylic acids is 4. The van der Waals surface area contributed by atoms with Crippen LogP contribution in [0, 0.1) is 5.82 Å². The number of anilines is 1. The largest absolute Gasteiger partial charge is 0.469 e. The first-order chi connectivity index (χ1) is 20.4. The molecule has 0 radical (unpaired) electrons. The second-order valence-corrected chi connectivity index (χ2v) is 12.2. The number of furan rings is 1. The van der Waals surface area contributed by atoms with Gasteiger partial charge in [-0.2, -0.15) is 0 Å². The number of ether oxygens (including phenoxy) is 1. The highest BCUT2D eigenvalue weighted by molar-refractivity contribution is 7.92. The number of fused-ring (bicyclic) bond motifs is 1. The van der Waals surface area contributed by atoms with E-state index in [1.807, 2.05) is 0 Å². The summed E-state index contributed by atoms with van der Waals surface area (Å²) in [6, 6.07) is 8.41. The molecule has 1 aliphatic carbocycles. The Morgan fingerprint density at radius 3 is 2.37 bits per heavy atom. The summed E-state index contributed by atoms with van der Waals surface area (Å²) >= 11 is 0. The molecular weight excluding hydrogens is 583 g/mol. The molecule has 0 spiro atoms. The third-order valence-corrected chi connectivity index (χ3v) is 8.09. The molecule has 43 heavy (non-hydrogen) atoms. The number of rotatable bonds is 14. The quantitative estimate of drug-likeness (QED) is 0.183. The molecule has 3 aromatic rings. The van der Waals surface area contributed by atoms with Crippen LogP contribution in [-0.4, -0.2) is 65.1 Å². The average Bonchev–Trinajstić information content (AvgIpc) is 3.73. The van der Waals surface area contributed by atoms with E-state index in [0.717, 1.165) is 23.4 Å². The number of nitrogens with one attached hydrogen (secondary N) is 2. The highest BCUT2D eigenvalue weighted by Gasteiger charge is 2.33. The fraction of sp³-hybridized carbons (Fsp3) is 0.379. The summed E-state index contributed by atoms with van der Waals surface area (Å²) in [6.45, 7) is -0.684. The van der Waals surface area contributed by atoms with Crippen molar-refractivity contribution in [3.63, 3.8) is 0 Å². The zero-order valence-corrected chi connectivity index (χ0v) is 24.6. The Balaban J connectivity index is 1.55. The summed E-state index contributed by atoms with van der Waals surface area (Å²) in [5.74, 6) is -2.67. The fourth-order valence-electron chi connectivity index (χ4n) is 4.67. The first-order valence-electron chi connectivity index (χ1n) is 13.6. The molecule has 0 unspecified atom stereocenters. The number of carbonyl (C=O) groups is 4. The van der Waals surface area contributed by atoms with E-state index < -0.39 is 40.1 Å². The Labute approximate surface area is 247 Å². The highest BCUT2D eigenvalue weighted by Crippen LogP contribution is 2.48. The van der Waals surface area contributed by atoms with Crippen LogP contribution in [-0.2, 0) is 29.1 Å². The third-order valence-electron chi connectivity index (χ3n) is 6.97. The molecule has 0 aliphatic heterocycles. The number of primary amides is 1. The van der Waals surface area contributed by atoms with Gasteiger partial charge in [0, 0.05) is 30.0 Å². The van der Waals surface area contributed by atoms with Crippen molar-refractivity contribution in [1.29, 1.82) is 0 Å². The van der Waals surface area contributed by atoms with Gasteiger partial charge in [0.2, 0.25) is 21.8 Å². The fourth-order valence-corrected chi connectivity index (χ4v) is 5.54. The molecule has 230 valence electrons. The maximum absolute atomic E-state index is 13.5. The molecule has 1 aliphatic rings. The molecule has 1 saturated carbocycles. The molecule has 1 fully saturated rings. The molecule has 12 nitrogen and oxygen atoms in total. The number of nitrogens with two attached hydrogens (primary N) is 1. The van der Waals surface area contributed by atoms with Crippen LogP contribution in [0.4, 0.5) is 10.1 Å². The number of hydrogen-bond donors (Lipinski definition) is 3. The summed E-state index contributed by atoms with van der Waals surface area (Å²) in [4.78, 5) is 48.6. The number of amides is 3. The summed E-state index contributed by atoms with van der Waals surface area (Å²) in [7, 11) is -2.70. The number of esters is 1. The highest BCUT2D eigenvalue weighted by atomic mass is 32.2. The molecule has 4 rings (SSSR count). The lowest BCUT2D eigenvalue weighted by Crippen LogP contribution is -2.44. The van der Waals surface area contributed by atoms with Crippen LogP contribution in [0.25, 0.3) is 22.3 Å². The van der Waals surface area contributed by atoms with Gasteiger partial charge >= 0.3 is 5.97 Å². The Bertz CT molecular complexity index is 1650. The number of nitrogens with zero attached hydrogens (tertiary/aromatic N) is 1. The third kappa shape index (κ3) is 7.89. The van der Waals surface area contributed by atoms with Crippen molar-refractivity contribution in [2.75, 3.05) is 37.3 Å². The van der Waals surface area contributed by atoms with Crippen molar-refractivity contribution in [1.82, 2.24) is 10.6 Å². The van der Waals surface area contributed by atoms with Gasteiger partial charge in [0.15, 0.2) is 0 Å². The van der Waals surface area contributed by atoms with Crippen molar-refractivity contribution >= 4 is 50.4 Å². The van der Waals surface area contributed by atoms with Crippen molar-refractivity contribution < 1.29 is 41.1 Å². The van der Waals surface area contributed by atoms with Crippen molar-refractivity contribution in [3.05, 3.63) is 53.3 Å². The van der Waals surface area contributed by atoms with Gasteiger partial charge in [-0.05, 0) is 67.5 Å². The summed E-state index contributed by atoms with van der Waals surface area (Å²) < 4.78 is 50.9. The molecule has 1 heterocycles. The maximum atomic E-state index is 13.5. The molecule has 0 atom stereocenters. The SMILES string of the molecule is COC(=O)CCCCNC(=O)CNC(=O)CN(c1cc2oc(-c3ccc(F)cc3)c(C(N)=O)c2cc1C1CC1)S(C)(=O)=O. The second-order valence-electron chi connectivity index (χ2n) is 10.3. The average molecular weight is 617 g/mol. The number of sulfonamides is 1. The predicted octanol–water partition coefficient (Wildman–Crippen LogP) is 2.56. The summed E-state index contributed by atoms with van der Waals surface area (Å²) in [5.41, 5.74) is 7.16. The van der Waals surface area contributed by atoms with E-state index in [-0.39, 0.29) is 47.4 Å². The standard InChI is InChI=1S/C29H33FN4O8S/c1-41-26(37)5-3-4-12-32-24(35)15-33-25(36)16-34(43(2,39)40)22-14-23-21(13-20(22)17-6-7-17)27(29(31)38)28(42-23)18-8-10-19(30)11-9-18/h8-11,13-14,17H,3-7,12,15-16H2,1-2H3,(H2,31,38)(H,32,35)(H,33,36). The van der Waals surface area contributed by atoms with E-state index in [2.05, 4.69) is 15.4 Å². The monoisotopic (exact) mass is 616 g/mol. The van der Waals surface area contributed by atoms with Gasteiger partial charge in [-0.15, -0.1) is 0 Å². The van der Waals surface area contributed by atoms with Crippen LogP contribution in [0.1, 0.15) is 53.9 Å². The van der Waals surface area contributed by atoms with E-state index in [1.165, 1.54) is 37.4 Å². The van der Waals surface area contributed by atoms with E-state index >= 15 is 0 Å². The minimum Gasteiger partial charge on any atom is -0.469 e. The predicted molar refractivity (Wildman–Crippen MR) is 156 cm³/mol. The van der Waals surface area contributed by atoms with E-state index in [4.69, 9.17) is 10.2 Å². The number of unbranched alkanes of at least 4 members (excludes halogenated alkanes) is 1. The van der Waals surface area contributed by atoms with E-state index in [0.29, 0.717) is 35.9 Å². The molecule has 0 saturated heterocycles. The lowest BCUT2D eigenvalue weighted by molar-refractivity contribution is -0.140. The van der Waals surface area contributed by atoms with Crippen molar-refractivity contribution in [2.45, 2.75) is 38.0 Å². The van der Waals surface area contributed by atoms with Crippen molar-refractivity contribution in [3.8, 4) is 11.3 Å². The van der Waals surface area contributed by atoms with Crippen LogP contribution < -0.4 is 20.7 Å². The lowest BCUT2D eigenvalue weighted by atomic mass is 10.0. The zero-order valence-electron chi connectivity index (χ0n) is 23.8. The normalized spacial score (nSPS) is 13.0. The van der Waals surface area contributed by atoms with E-state index in [1.54, 1.807) is 6.07 Å².